The molecular formula is C7H19NSi. The predicted octanol–water partition coefficient (Wildman–Crippen LogP) is 1.92. The summed E-state index contributed by atoms with van der Waals surface area (Å²) in [7, 11) is -0.821. The molecule has 1 atom stereocenters. The minimum Gasteiger partial charge on any atom is -0.330 e. The quantitative estimate of drug-likeness (QED) is 0.603. The molecule has 0 saturated carbocycles. The summed E-state index contributed by atoms with van der Waals surface area (Å²) in [6, 6.07) is 1.36. The SMILES string of the molecule is CC(CN)C[Si](C)(C)C. The Balaban J connectivity index is 3.47. The van der Waals surface area contributed by atoms with E-state index in [2.05, 4.69) is 26.6 Å². The van der Waals surface area contributed by atoms with Gasteiger partial charge < -0.3 is 5.73 Å². The molecule has 0 spiro atoms. The molecule has 1 unspecified atom stereocenters. The highest BCUT2D eigenvalue weighted by Gasteiger charge is 2.15. The van der Waals surface area contributed by atoms with E-state index in [4.69, 9.17) is 5.73 Å². The molecule has 0 aromatic heterocycles. The summed E-state index contributed by atoms with van der Waals surface area (Å²) in [5, 5.41) is 0. The van der Waals surface area contributed by atoms with Crippen molar-refractivity contribution in [2.75, 3.05) is 6.54 Å². The summed E-state index contributed by atoms with van der Waals surface area (Å²) in [5.41, 5.74) is 5.50. The van der Waals surface area contributed by atoms with Crippen molar-refractivity contribution in [3.05, 3.63) is 0 Å². The van der Waals surface area contributed by atoms with Gasteiger partial charge >= 0.3 is 0 Å². The molecule has 0 aliphatic carbocycles. The third kappa shape index (κ3) is 6.06. The van der Waals surface area contributed by atoms with Crippen LogP contribution < -0.4 is 5.73 Å². The molecule has 0 rings (SSSR count). The smallest absolute Gasteiger partial charge is 0.0445 e. The van der Waals surface area contributed by atoms with E-state index in [9.17, 15) is 0 Å². The lowest BCUT2D eigenvalue weighted by Crippen LogP contribution is -2.26. The molecule has 56 valence electrons. The van der Waals surface area contributed by atoms with Crippen molar-refractivity contribution in [1.82, 2.24) is 0 Å². The van der Waals surface area contributed by atoms with Crippen molar-refractivity contribution in [2.45, 2.75) is 32.6 Å². The van der Waals surface area contributed by atoms with Gasteiger partial charge in [0.1, 0.15) is 0 Å². The minimum absolute atomic E-state index is 0.733. The Kier molecular flexibility index (Phi) is 3.44. The van der Waals surface area contributed by atoms with E-state index in [1.165, 1.54) is 6.04 Å². The van der Waals surface area contributed by atoms with Crippen LogP contribution in [0, 0.1) is 5.92 Å². The Hall–Kier alpha value is 0.177. The standard InChI is InChI=1S/C7H19NSi/c1-7(5-8)6-9(2,3)4/h7H,5-6,8H2,1-4H3. The van der Waals surface area contributed by atoms with E-state index in [1.54, 1.807) is 0 Å². The minimum atomic E-state index is -0.821. The zero-order valence-electron chi connectivity index (χ0n) is 7.07. The Morgan fingerprint density at radius 3 is 1.89 bits per heavy atom. The molecule has 0 heterocycles. The van der Waals surface area contributed by atoms with Crippen LogP contribution in [0.2, 0.25) is 25.7 Å². The maximum absolute atomic E-state index is 5.50. The zero-order chi connectivity index (χ0) is 7.49. The number of nitrogens with two attached hydrogens (primary N) is 1. The second kappa shape index (κ2) is 3.37. The monoisotopic (exact) mass is 145 g/mol. The molecule has 0 radical (unpaired) electrons. The summed E-state index contributed by atoms with van der Waals surface area (Å²) in [5.74, 6) is 0.733. The van der Waals surface area contributed by atoms with Gasteiger partial charge in [0.15, 0.2) is 0 Å². The fourth-order valence-electron chi connectivity index (χ4n) is 1.13. The van der Waals surface area contributed by atoms with Crippen LogP contribution in [0.5, 0.6) is 0 Å². The van der Waals surface area contributed by atoms with Gasteiger partial charge in [0.2, 0.25) is 0 Å². The molecule has 0 aliphatic rings. The van der Waals surface area contributed by atoms with Crippen molar-refractivity contribution in [1.29, 1.82) is 0 Å². The van der Waals surface area contributed by atoms with Gasteiger partial charge in [0.05, 0.1) is 0 Å². The molecule has 1 nitrogen and oxygen atoms in total. The molecule has 0 fully saturated rings. The summed E-state index contributed by atoms with van der Waals surface area (Å²) < 4.78 is 0. The Bertz CT molecular complexity index is 75.5. The first kappa shape index (κ1) is 9.18. The predicted molar refractivity (Wildman–Crippen MR) is 46.4 cm³/mol. The van der Waals surface area contributed by atoms with Crippen molar-refractivity contribution < 1.29 is 0 Å². The van der Waals surface area contributed by atoms with Gasteiger partial charge in [0.25, 0.3) is 0 Å². The van der Waals surface area contributed by atoms with Gasteiger partial charge in [-0.3, -0.25) is 0 Å². The van der Waals surface area contributed by atoms with Gasteiger partial charge in [-0.1, -0.05) is 32.6 Å². The average molecular weight is 145 g/mol. The average Bonchev–Trinajstić information content (AvgIpc) is 1.62. The second-order valence-electron chi connectivity index (χ2n) is 4.11. The maximum Gasteiger partial charge on any atom is 0.0445 e. The molecule has 0 saturated heterocycles. The molecule has 9 heavy (non-hydrogen) atoms. The normalized spacial score (nSPS) is 15.7. The highest BCUT2D eigenvalue weighted by molar-refractivity contribution is 6.76. The Morgan fingerprint density at radius 2 is 1.78 bits per heavy atom. The van der Waals surface area contributed by atoms with Crippen LogP contribution in [0.3, 0.4) is 0 Å². The fourth-order valence-corrected chi connectivity index (χ4v) is 3.39. The van der Waals surface area contributed by atoms with Crippen LogP contribution in [-0.2, 0) is 0 Å². The first-order chi connectivity index (χ1) is 3.95. The van der Waals surface area contributed by atoms with Crippen molar-refractivity contribution in [3.63, 3.8) is 0 Å². The van der Waals surface area contributed by atoms with Gasteiger partial charge in [-0.15, -0.1) is 0 Å². The van der Waals surface area contributed by atoms with Crippen LogP contribution >= 0.6 is 0 Å². The lowest BCUT2D eigenvalue weighted by Gasteiger charge is -2.19. The van der Waals surface area contributed by atoms with Gasteiger partial charge in [-0.25, -0.2) is 0 Å². The summed E-state index contributed by atoms with van der Waals surface area (Å²) >= 11 is 0. The Labute approximate surface area is 59.6 Å². The van der Waals surface area contributed by atoms with Crippen LogP contribution in [0.4, 0.5) is 0 Å². The molecule has 0 bridgehead atoms. The van der Waals surface area contributed by atoms with E-state index < -0.39 is 8.07 Å². The van der Waals surface area contributed by atoms with Crippen molar-refractivity contribution >= 4 is 8.07 Å². The van der Waals surface area contributed by atoms with E-state index in [0.717, 1.165) is 12.5 Å². The molecule has 2 heteroatoms. The third-order valence-corrected chi connectivity index (χ3v) is 3.28. The lowest BCUT2D eigenvalue weighted by atomic mass is 10.2. The van der Waals surface area contributed by atoms with Gasteiger partial charge in [-0.2, -0.15) is 0 Å². The zero-order valence-corrected chi connectivity index (χ0v) is 8.07. The van der Waals surface area contributed by atoms with Crippen molar-refractivity contribution in [2.24, 2.45) is 11.7 Å². The molecule has 0 aromatic rings. The summed E-state index contributed by atoms with van der Waals surface area (Å²) in [6.07, 6.45) is 0. The Morgan fingerprint density at radius 1 is 1.33 bits per heavy atom. The topological polar surface area (TPSA) is 26.0 Å². The van der Waals surface area contributed by atoms with E-state index in [0.29, 0.717) is 0 Å². The van der Waals surface area contributed by atoms with Crippen LogP contribution in [0.1, 0.15) is 6.92 Å². The third-order valence-electron chi connectivity index (χ3n) is 1.36. The molecule has 0 aliphatic heterocycles. The highest BCUT2D eigenvalue weighted by Crippen LogP contribution is 2.14. The van der Waals surface area contributed by atoms with Crippen LogP contribution in [0.15, 0.2) is 0 Å². The molecule has 2 N–H and O–H groups in total. The second-order valence-corrected chi connectivity index (χ2v) is 9.64. The van der Waals surface area contributed by atoms with E-state index >= 15 is 0 Å². The maximum atomic E-state index is 5.50. The number of rotatable bonds is 3. The number of hydrogen-bond acceptors (Lipinski definition) is 1. The first-order valence-corrected chi connectivity index (χ1v) is 7.36. The van der Waals surface area contributed by atoms with E-state index in [1.807, 2.05) is 0 Å². The highest BCUT2D eigenvalue weighted by atomic mass is 28.3. The van der Waals surface area contributed by atoms with E-state index in [-0.39, 0.29) is 0 Å². The van der Waals surface area contributed by atoms with Crippen LogP contribution in [0.25, 0.3) is 0 Å². The summed E-state index contributed by atoms with van der Waals surface area (Å²) in [4.78, 5) is 0. The van der Waals surface area contributed by atoms with Gasteiger partial charge in [0, 0.05) is 8.07 Å². The number of hydrogen-bond donors (Lipinski definition) is 1. The molecule has 0 amide bonds. The molecule has 0 aromatic carbocycles. The fraction of sp³-hybridized carbons (Fsp3) is 1.00. The lowest BCUT2D eigenvalue weighted by molar-refractivity contribution is 0.652. The largest absolute Gasteiger partial charge is 0.330 e. The first-order valence-electron chi connectivity index (χ1n) is 3.66. The molecular weight excluding hydrogens is 126 g/mol. The van der Waals surface area contributed by atoms with Crippen molar-refractivity contribution in [3.8, 4) is 0 Å². The van der Waals surface area contributed by atoms with Crippen LogP contribution in [-0.4, -0.2) is 14.6 Å². The summed E-state index contributed by atoms with van der Waals surface area (Å²) in [6.45, 7) is 10.2. The van der Waals surface area contributed by atoms with Gasteiger partial charge in [-0.05, 0) is 12.5 Å².